The average Bonchev–Trinajstić information content (AvgIpc) is 3.53. The maximum atomic E-state index is 5.35. The lowest BCUT2D eigenvalue weighted by Crippen LogP contribution is -2.05. The number of fused-ring (bicyclic) bond motifs is 1. The summed E-state index contributed by atoms with van der Waals surface area (Å²) in [4.78, 5) is 13.2. The number of nitrogens with zero attached hydrogens (tertiary/aromatic N) is 2. The van der Waals surface area contributed by atoms with Crippen LogP contribution >= 0.6 is 22.7 Å². The minimum Gasteiger partial charge on any atom is -0.249 e. The summed E-state index contributed by atoms with van der Waals surface area (Å²) in [5.41, 5.74) is 7.03. The van der Waals surface area contributed by atoms with Crippen LogP contribution in [0.5, 0.6) is 0 Å². The number of rotatable bonds is 12. The maximum Gasteiger partial charge on any atom is 0.0983 e. The van der Waals surface area contributed by atoms with E-state index >= 15 is 0 Å². The molecule has 3 aromatic heterocycles. The topological polar surface area (TPSA) is 25.8 Å². The van der Waals surface area contributed by atoms with Gasteiger partial charge in [-0.25, -0.2) is 9.97 Å². The first kappa shape index (κ1) is 23.1. The first-order valence-corrected chi connectivity index (χ1v) is 14.0. The van der Waals surface area contributed by atoms with Gasteiger partial charge in [0.2, 0.25) is 0 Å². The lowest BCUT2D eigenvalue weighted by Gasteiger charge is -2.14. The number of aryl methyl sites for hydroxylation is 2. The molecular weight excluding hydrogens is 428 g/mol. The molecule has 4 heteroatoms. The largest absolute Gasteiger partial charge is 0.249 e. The van der Waals surface area contributed by atoms with Gasteiger partial charge in [-0.1, -0.05) is 76.6 Å². The van der Waals surface area contributed by atoms with E-state index in [1.54, 1.807) is 22.7 Å². The summed E-state index contributed by atoms with van der Waals surface area (Å²) in [7, 11) is 0. The van der Waals surface area contributed by atoms with Crippen LogP contribution in [0, 0.1) is 0 Å². The molecule has 168 valence electrons. The van der Waals surface area contributed by atoms with Crippen LogP contribution in [0.15, 0.2) is 47.2 Å². The maximum absolute atomic E-state index is 5.35. The first-order valence-electron chi connectivity index (χ1n) is 12.2. The Labute approximate surface area is 200 Å². The fourth-order valence-electron chi connectivity index (χ4n) is 4.31. The third kappa shape index (κ3) is 5.47. The molecule has 0 amide bonds. The monoisotopic (exact) mass is 462 g/mol. The molecule has 0 N–H and O–H groups in total. The number of thiophene rings is 2. The van der Waals surface area contributed by atoms with Crippen molar-refractivity contribution in [1.82, 2.24) is 9.97 Å². The van der Waals surface area contributed by atoms with Crippen LogP contribution in [-0.2, 0) is 12.8 Å². The van der Waals surface area contributed by atoms with Crippen LogP contribution in [0.4, 0.5) is 0 Å². The number of benzene rings is 1. The van der Waals surface area contributed by atoms with Gasteiger partial charge in [0.1, 0.15) is 0 Å². The van der Waals surface area contributed by atoms with Crippen molar-refractivity contribution < 1.29 is 0 Å². The standard InChI is InChI=1S/C28H34N2S2/c1-3-5-7-9-13-23-24(14-10-8-6-4-2)30-28-22(26-16-12-20-32-26)18-17-21(27(28)29-23)25-15-11-19-31-25/h11-12,15-20H,3-10,13-14H2,1-2H3. The molecule has 32 heavy (non-hydrogen) atoms. The molecule has 0 bridgehead atoms. The molecule has 0 saturated carbocycles. The quantitative estimate of drug-likeness (QED) is 0.196. The van der Waals surface area contributed by atoms with Crippen molar-refractivity contribution in [3.8, 4) is 20.9 Å². The van der Waals surface area contributed by atoms with Crippen molar-refractivity contribution in [1.29, 1.82) is 0 Å². The molecule has 0 fully saturated rings. The van der Waals surface area contributed by atoms with Crippen LogP contribution in [0.3, 0.4) is 0 Å². The Balaban J connectivity index is 1.80. The van der Waals surface area contributed by atoms with E-state index in [1.807, 2.05) is 0 Å². The molecule has 0 unspecified atom stereocenters. The summed E-state index contributed by atoms with van der Waals surface area (Å²) in [6, 6.07) is 13.1. The van der Waals surface area contributed by atoms with Crippen molar-refractivity contribution >= 4 is 33.7 Å². The molecule has 0 atom stereocenters. The Morgan fingerprint density at radius 2 is 1.06 bits per heavy atom. The smallest absolute Gasteiger partial charge is 0.0983 e. The van der Waals surface area contributed by atoms with E-state index in [-0.39, 0.29) is 0 Å². The highest BCUT2D eigenvalue weighted by Crippen LogP contribution is 2.37. The Kier molecular flexibility index (Phi) is 8.47. The Morgan fingerprint density at radius 3 is 1.44 bits per heavy atom. The summed E-state index contributed by atoms with van der Waals surface area (Å²) >= 11 is 3.57. The highest BCUT2D eigenvalue weighted by atomic mass is 32.1. The SMILES string of the molecule is CCCCCCc1nc2c(-c3cccs3)ccc(-c3cccs3)c2nc1CCCCCC. The Bertz CT molecular complexity index is 1010. The van der Waals surface area contributed by atoms with E-state index < -0.39 is 0 Å². The lowest BCUT2D eigenvalue weighted by atomic mass is 10.0. The highest BCUT2D eigenvalue weighted by molar-refractivity contribution is 7.14. The minimum atomic E-state index is 1.04. The Morgan fingerprint density at radius 1 is 0.594 bits per heavy atom. The van der Waals surface area contributed by atoms with Gasteiger partial charge < -0.3 is 0 Å². The molecule has 4 rings (SSSR count). The molecule has 0 radical (unpaired) electrons. The second-order valence-electron chi connectivity index (χ2n) is 8.55. The molecule has 1 aromatic carbocycles. The van der Waals surface area contributed by atoms with Gasteiger partial charge >= 0.3 is 0 Å². The fraction of sp³-hybridized carbons (Fsp3) is 0.429. The zero-order valence-corrected chi connectivity index (χ0v) is 21.0. The average molecular weight is 463 g/mol. The molecule has 0 aliphatic carbocycles. The van der Waals surface area contributed by atoms with Crippen LogP contribution in [0.1, 0.15) is 76.6 Å². The highest BCUT2D eigenvalue weighted by Gasteiger charge is 2.17. The molecule has 0 aliphatic rings. The van der Waals surface area contributed by atoms with Gasteiger partial charge in [-0.15, -0.1) is 22.7 Å². The van der Waals surface area contributed by atoms with E-state index in [0.717, 1.165) is 23.9 Å². The predicted molar refractivity (Wildman–Crippen MR) is 142 cm³/mol. The minimum absolute atomic E-state index is 1.04. The number of hydrogen-bond donors (Lipinski definition) is 0. The third-order valence-corrected chi connectivity index (χ3v) is 7.89. The third-order valence-electron chi connectivity index (χ3n) is 6.09. The zero-order valence-electron chi connectivity index (χ0n) is 19.4. The van der Waals surface area contributed by atoms with Crippen molar-refractivity contribution in [3.63, 3.8) is 0 Å². The van der Waals surface area contributed by atoms with Gasteiger partial charge in [0, 0.05) is 20.9 Å². The van der Waals surface area contributed by atoms with Gasteiger partial charge in [0.05, 0.1) is 22.4 Å². The van der Waals surface area contributed by atoms with Crippen molar-refractivity contribution in [2.45, 2.75) is 78.1 Å². The zero-order chi connectivity index (χ0) is 22.2. The van der Waals surface area contributed by atoms with Crippen LogP contribution in [0.25, 0.3) is 31.9 Å². The fourth-order valence-corrected chi connectivity index (χ4v) is 5.81. The van der Waals surface area contributed by atoms with Crippen LogP contribution in [-0.4, -0.2) is 9.97 Å². The van der Waals surface area contributed by atoms with E-state index in [1.165, 1.54) is 83.6 Å². The van der Waals surface area contributed by atoms with Gasteiger partial charge in [-0.05, 0) is 48.6 Å². The predicted octanol–water partition coefficient (Wildman–Crippen LogP) is 9.33. The summed E-state index contributed by atoms with van der Waals surface area (Å²) in [6.07, 6.45) is 12.2. The van der Waals surface area contributed by atoms with E-state index in [2.05, 4.69) is 61.0 Å². The second-order valence-corrected chi connectivity index (χ2v) is 10.4. The van der Waals surface area contributed by atoms with E-state index in [9.17, 15) is 0 Å². The van der Waals surface area contributed by atoms with Crippen molar-refractivity contribution in [2.75, 3.05) is 0 Å². The first-order chi connectivity index (χ1) is 15.8. The molecule has 0 aliphatic heterocycles. The van der Waals surface area contributed by atoms with E-state index in [0.29, 0.717) is 0 Å². The van der Waals surface area contributed by atoms with Gasteiger partial charge in [0.15, 0.2) is 0 Å². The van der Waals surface area contributed by atoms with Crippen molar-refractivity contribution in [2.24, 2.45) is 0 Å². The summed E-state index contributed by atoms with van der Waals surface area (Å²) in [5.74, 6) is 0. The van der Waals surface area contributed by atoms with E-state index in [4.69, 9.17) is 9.97 Å². The Hall–Kier alpha value is -2.04. The second kappa shape index (κ2) is 11.7. The summed E-state index contributed by atoms with van der Waals surface area (Å²) in [5, 5.41) is 4.30. The van der Waals surface area contributed by atoms with Gasteiger partial charge in [-0.3, -0.25) is 0 Å². The van der Waals surface area contributed by atoms with Crippen molar-refractivity contribution in [3.05, 3.63) is 58.5 Å². The summed E-state index contributed by atoms with van der Waals surface area (Å²) < 4.78 is 0. The van der Waals surface area contributed by atoms with Gasteiger partial charge in [-0.2, -0.15) is 0 Å². The van der Waals surface area contributed by atoms with Gasteiger partial charge in [0.25, 0.3) is 0 Å². The molecule has 4 aromatic rings. The molecule has 0 spiro atoms. The summed E-state index contributed by atoms with van der Waals surface area (Å²) in [6.45, 7) is 4.54. The number of hydrogen-bond acceptors (Lipinski definition) is 4. The molecular formula is C28H34N2S2. The van der Waals surface area contributed by atoms with Crippen LogP contribution < -0.4 is 0 Å². The molecule has 3 heterocycles. The van der Waals surface area contributed by atoms with Crippen LogP contribution in [0.2, 0.25) is 0 Å². The number of unbranched alkanes of at least 4 members (excludes halogenated alkanes) is 6. The normalized spacial score (nSPS) is 11.4. The molecule has 2 nitrogen and oxygen atoms in total. The lowest BCUT2D eigenvalue weighted by molar-refractivity contribution is 0.639. The number of aromatic nitrogens is 2. The molecule has 0 saturated heterocycles.